The van der Waals surface area contributed by atoms with Crippen molar-refractivity contribution in [3.63, 3.8) is 0 Å². The summed E-state index contributed by atoms with van der Waals surface area (Å²) in [5.41, 5.74) is 4.80. The lowest BCUT2D eigenvalue weighted by atomic mass is 9.33. The molecule has 230 valence electrons. The first-order valence-corrected chi connectivity index (χ1v) is 17.0. The summed E-state index contributed by atoms with van der Waals surface area (Å²) in [6.45, 7) is 20.2. The number of hydrogen-bond acceptors (Lipinski definition) is 2. The van der Waals surface area contributed by atoms with Gasteiger partial charge in [0.1, 0.15) is 0 Å². The second-order valence-electron chi connectivity index (χ2n) is 17.0. The third kappa shape index (κ3) is 4.20. The first kappa shape index (κ1) is 29.9. The van der Waals surface area contributed by atoms with Crippen LogP contribution in [0.3, 0.4) is 0 Å². The maximum atomic E-state index is 13.4. The van der Waals surface area contributed by atoms with Crippen molar-refractivity contribution in [2.75, 3.05) is 0 Å². The molecule has 0 radical (unpaired) electrons. The van der Waals surface area contributed by atoms with Gasteiger partial charge in [-0.3, -0.25) is 4.79 Å². The van der Waals surface area contributed by atoms with Gasteiger partial charge in [0.15, 0.2) is 5.78 Å². The normalized spacial score (nSPS) is 42.4. The van der Waals surface area contributed by atoms with E-state index in [-0.39, 0.29) is 39.1 Å². The van der Waals surface area contributed by atoms with E-state index in [0.717, 1.165) is 24.8 Å². The van der Waals surface area contributed by atoms with Crippen LogP contribution >= 0.6 is 0 Å². The van der Waals surface area contributed by atoms with Crippen molar-refractivity contribution in [3.05, 3.63) is 47.0 Å². The monoisotopic (exact) mass is 572 g/mol. The predicted octanol–water partition coefficient (Wildman–Crippen LogP) is 8.86. The third-order valence-corrected chi connectivity index (χ3v) is 14.4. The van der Waals surface area contributed by atoms with E-state index in [1.165, 1.54) is 44.1 Å². The molecule has 0 aliphatic heterocycles. The minimum atomic E-state index is -0.0419. The highest BCUT2D eigenvalue weighted by Crippen LogP contribution is 2.76. The molecule has 0 saturated heterocycles. The van der Waals surface area contributed by atoms with Gasteiger partial charge in [0.05, 0.1) is 0 Å². The molecular formula is C38H56N2O2. The number of benzene rings is 1. The summed E-state index contributed by atoms with van der Waals surface area (Å²) < 4.78 is 0. The maximum absolute atomic E-state index is 13.4. The molecule has 4 fully saturated rings. The van der Waals surface area contributed by atoms with Gasteiger partial charge in [-0.05, 0) is 113 Å². The topological polar surface area (TPSA) is 58.2 Å². The van der Waals surface area contributed by atoms with Crippen LogP contribution in [0.25, 0.3) is 0 Å². The summed E-state index contributed by atoms with van der Waals surface area (Å²) in [4.78, 5) is 26.4. The minimum Gasteiger partial charge on any atom is -0.335 e. The average molecular weight is 573 g/mol. The maximum Gasteiger partial charge on any atom is 0.315 e. The molecule has 2 amide bonds. The number of amides is 2. The molecular weight excluding hydrogens is 516 g/mol. The Morgan fingerprint density at radius 3 is 2.26 bits per heavy atom. The van der Waals surface area contributed by atoms with E-state index in [1.54, 1.807) is 5.57 Å². The zero-order valence-electron chi connectivity index (χ0n) is 27.7. The number of rotatable bonds is 4. The van der Waals surface area contributed by atoms with E-state index in [9.17, 15) is 9.59 Å². The van der Waals surface area contributed by atoms with Crippen LogP contribution in [-0.4, -0.2) is 17.9 Å². The zero-order chi connectivity index (χ0) is 30.3. The summed E-state index contributed by atoms with van der Waals surface area (Å²) >= 11 is 0. The number of ketones is 1. The number of Topliss-reactive ketones (excluding diaryl/α,β-unsaturated/α-hetero) is 1. The summed E-state index contributed by atoms with van der Waals surface area (Å²) in [5, 5.41) is 6.54. The van der Waals surface area contributed by atoms with Crippen molar-refractivity contribution < 1.29 is 9.59 Å². The van der Waals surface area contributed by atoms with Crippen LogP contribution < -0.4 is 10.6 Å². The number of carbonyl (C=O) groups is 2. The Morgan fingerprint density at radius 1 is 0.857 bits per heavy atom. The third-order valence-electron chi connectivity index (χ3n) is 14.4. The molecule has 6 rings (SSSR count). The van der Waals surface area contributed by atoms with Crippen molar-refractivity contribution in [1.29, 1.82) is 0 Å². The molecule has 1 aromatic carbocycles. The highest BCUT2D eigenvalue weighted by atomic mass is 16.2. The Hall–Kier alpha value is -2.10. The van der Waals surface area contributed by atoms with Crippen LogP contribution in [0.4, 0.5) is 4.79 Å². The van der Waals surface area contributed by atoms with Gasteiger partial charge >= 0.3 is 6.03 Å². The van der Waals surface area contributed by atoms with Crippen LogP contribution in [0.1, 0.15) is 119 Å². The predicted molar refractivity (Wildman–Crippen MR) is 171 cm³/mol. The lowest BCUT2D eigenvalue weighted by molar-refractivity contribution is -0.215. The van der Waals surface area contributed by atoms with E-state index in [2.05, 4.69) is 78.2 Å². The summed E-state index contributed by atoms with van der Waals surface area (Å²) in [5.74, 6) is 2.57. The molecule has 2 N–H and O–H groups in total. The number of nitrogens with one attached hydrogen (secondary N) is 2. The van der Waals surface area contributed by atoms with Crippen LogP contribution in [0.2, 0.25) is 0 Å². The second-order valence-corrected chi connectivity index (χ2v) is 17.0. The Kier molecular flexibility index (Phi) is 7.10. The summed E-state index contributed by atoms with van der Waals surface area (Å²) in [6, 6.07) is 10.3. The number of allylic oxidation sites excluding steroid dienone is 2. The minimum absolute atomic E-state index is 0.0342. The number of hydrogen-bond donors (Lipinski definition) is 2. The molecule has 8 atom stereocenters. The fraction of sp³-hybridized carbons (Fsp3) is 0.737. The number of urea groups is 1. The van der Waals surface area contributed by atoms with Gasteiger partial charge in [-0.1, -0.05) is 91.3 Å². The van der Waals surface area contributed by atoms with Crippen molar-refractivity contribution in [1.82, 2.24) is 10.6 Å². The lowest BCUT2D eigenvalue weighted by Crippen LogP contribution is -2.67. The van der Waals surface area contributed by atoms with Crippen LogP contribution in [0.5, 0.6) is 0 Å². The molecule has 4 saturated carbocycles. The highest BCUT2D eigenvalue weighted by Gasteiger charge is 2.69. The quantitative estimate of drug-likeness (QED) is 0.379. The van der Waals surface area contributed by atoms with Crippen molar-refractivity contribution in [2.45, 2.75) is 126 Å². The van der Waals surface area contributed by atoms with E-state index in [1.807, 2.05) is 18.2 Å². The molecule has 0 spiro atoms. The molecule has 0 heterocycles. The zero-order valence-corrected chi connectivity index (χ0v) is 27.7. The van der Waals surface area contributed by atoms with Gasteiger partial charge in [-0.15, -0.1) is 0 Å². The van der Waals surface area contributed by atoms with Crippen LogP contribution in [0, 0.1) is 50.7 Å². The molecule has 0 bridgehead atoms. The largest absolute Gasteiger partial charge is 0.335 e. The van der Waals surface area contributed by atoms with Crippen LogP contribution in [0.15, 0.2) is 41.5 Å². The number of carbonyl (C=O) groups excluding carboxylic acids is 2. The first-order chi connectivity index (χ1) is 19.7. The van der Waals surface area contributed by atoms with Gasteiger partial charge < -0.3 is 10.6 Å². The number of fused-ring (bicyclic) bond motifs is 7. The van der Waals surface area contributed by atoms with Gasteiger partial charge in [0.2, 0.25) is 0 Å². The lowest BCUT2D eigenvalue weighted by Gasteiger charge is -2.72. The van der Waals surface area contributed by atoms with E-state index < -0.39 is 0 Å². The summed E-state index contributed by atoms with van der Waals surface area (Å²) in [7, 11) is 0. The molecule has 0 aromatic heterocycles. The Labute approximate surface area is 255 Å². The first-order valence-electron chi connectivity index (χ1n) is 17.0. The van der Waals surface area contributed by atoms with Crippen molar-refractivity contribution in [3.8, 4) is 0 Å². The summed E-state index contributed by atoms with van der Waals surface area (Å²) in [6.07, 6.45) is 10.4. The average Bonchev–Trinajstić information content (AvgIpc) is 3.20. The second kappa shape index (κ2) is 9.96. The molecule has 5 aliphatic carbocycles. The standard InChI is InChI=1S/C38H56N2O2/c1-24(2)31-27(41)22-35(5)20-21-37(7)26(32(31)35)14-15-29-36(6)18-17-30(34(3,4)28(36)16-19-38(29,37)8)40-33(42)39-23-25-12-10-9-11-13-25/h9-13,24,26,28-30H,14-23H2,1-8H3,(H2,39,40,42)/t26-,28+,29-,30?,35+,36+,37-,38-/m1/s1. The van der Waals surface area contributed by atoms with Crippen molar-refractivity contribution in [2.24, 2.45) is 50.7 Å². The van der Waals surface area contributed by atoms with Gasteiger partial charge in [0, 0.05) is 19.0 Å². The van der Waals surface area contributed by atoms with Gasteiger partial charge in [-0.25, -0.2) is 4.79 Å². The highest BCUT2D eigenvalue weighted by molar-refractivity contribution is 6.00. The smallest absolute Gasteiger partial charge is 0.315 e. The van der Waals surface area contributed by atoms with Crippen LogP contribution in [-0.2, 0) is 11.3 Å². The van der Waals surface area contributed by atoms with E-state index in [0.29, 0.717) is 36.0 Å². The Morgan fingerprint density at radius 2 is 1.57 bits per heavy atom. The fourth-order valence-electron chi connectivity index (χ4n) is 12.1. The molecule has 4 heteroatoms. The Bertz CT molecular complexity index is 1280. The molecule has 5 aliphatic rings. The molecule has 1 aromatic rings. The van der Waals surface area contributed by atoms with Gasteiger partial charge in [0.25, 0.3) is 0 Å². The van der Waals surface area contributed by atoms with Crippen molar-refractivity contribution >= 4 is 11.8 Å². The van der Waals surface area contributed by atoms with E-state index >= 15 is 0 Å². The molecule has 42 heavy (non-hydrogen) atoms. The molecule has 4 nitrogen and oxygen atoms in total. The SMILES string of the molecule is CC(C)C1=C2[C@H]3CC[C@@H]4[C@@]5(C)CCC(NC(=O)NCc6ccccc6)C(C)(C)[C@@H]5CC[C@@]4(C)[C@]3(C)CC[C@@]2(C)CC1=O. The van der Waals surface area contributed by atoms with Gasteiger partial charge in [-0.2, -0.15) is 0 Å². The Balaban J connectivity index is 1.24. The van der Waals surface area contributed by atoms with E-state index in [4.69, 9.17) is 0 Å². The fourth-order valence-corrected chi connectivity index (χ4v) is 12.1. The molecule has 1 unspecified atom stereocenters.